The highest BCUT2D eigenvalue weighted by Crippen LogP contribution is 2.24. The number of halogens is 1. The van der Waals surface area contributed by atoms with Crippen LogP contribution in [0.15, 0.2) is 24.5 Å². The van der Waals surface area contributed by atoms with Gasteiger partial charge in [-0.1, -0.05) is 11.6 Å². The summed E-state index contributed by atoms with van der Waals surface area (Å²) in [7, 11) is 0. The maximum atomic E-state index is 6.06. The van der Waals surface area contributed by atoms with E-state index in [4.69, 9.17) is 21.1 Å². The first-order chi connectivity index (χ1) is 9.83. The highest BCUT2D eigenvalue weighted by Gasteiger charge is 2.10. The number of rotatable bonds is 4. The summed E-state index contributed by atoms with van der Waals surface area (Å²) in [5.41, 5.74) is 0.825. The quantitative estimate of drug-likeness (QED) is 0.807. The third kappa shape index (κ3) is 3.17. The second-order valence-corrected chi connectivity index (χ2v) is 5.00. The minimum Gasteiger partial charge on any atom is -0.492 e. The number of morpholine rings is 1. The molecular formula is C14H16ClN3O2. The predicted molar refractivity (Wildman–Crippen MR) is 77.3 cm³/mol. The van der Waals surface area contributed by atoms with Gasteiger partial charge < -0.3 is 9.47 Å². The fourth-order valence-corrected chi connectivity index (χ4v) is 2.41. The smallest absolute Gasteiger partial charge is 0.140 e. The summed E-state index contributed by atoms with van der Waals surface area (Å²) in [6.45, 7) is 5.12. The topological polar surface area (TPSA) is 47.5 Å². The molecule has 5 nitrogen and oxygen atoms in total. The second-order valence-electron chi connectivity index (χ2n) is 4.65. The molecule has 1 aliphatic heterocycles. The van der Waals surface area contributed by atoms with Crippen molar-refractivity contribution in [2.75, 3.05) is 39.5 Å². The van der Waals surface area contributed by atoms with E-state index in [0.717, 1.165) is 49.5 Å². The van der Waals surface area contributed by atoms with Gasteiger partial charge in [-0.2, -0.15) is 0 Å². The molecule has 0 bridgehead atoms. The number of hydrogen-bond donors (Lipinski definition) is 0. The summed E-state index contributed by atoms with van der Waals surface area (Å²) < 4.78 is 11.1. The van der Waals surface area contributed by atoms with Crippen molar-refractivity contribution in [1.29, 1.82) is 0 Å². The van der Waals surface area contributed by atoms with Crippen molar-refractivity contribution in [3.05, 3.63) is 29.7 Å². The SMILES string of the molecule is Clc1ncnc2ccc(OCCN3CCOCC3)cc12. The van der Waals surface area contributed by atoms with Crippen LogP contribution in [0.5, 0.6) is 5.75 Å². The van der Waals surface area contributed by atoms with E-state index in [0.29, 0.717) is 11.8 Å². The molecule has 106 valence electrons. The van der Waals surface area contributed by atoms with E-state index in [9.17, 15) is 0 Å². The van der Waals surface area contributed by atoms with E-state index in [1.54, 1.807) is 0 Å². The summed E-state index contributed by atoms with van der Waals surface area (Å²) in [4.78, 5) is 10.5. The average Bonchev–Trinajstić information content (AvgIpc) is 2.49. The summed E-state index contributed by atoms with van der Waals surface area (Å²) >= 11 is 6.06. The molecular weight excluding hydrogens is 278 g/mol. The average molecular weight is 294 g/mol. The Balaban J connectivity index is 1.61. The summed E-state index contributed by atoms with van der Waals surface area (Å²) in [6, 6.07) is 5.69. The van der Waals surface area contributed by atoms with Crippen LogP contribution in [0.3, 0.4) is 0 Å². The van der Waals surface area contributed by atoms with Crippen LogP contribution in [0.4, 0.5) is 0 Å². The molecule has 1 fully saturated rings. The first kappa shape index (κ1) is 13.5. The number of aromatic nitrogens is 2. The Kier molecular flexibility index (Phi) is 4.30. The Morgan fingerprint density at radius 1 is 1.25 bits per heavy atom. The zero-order valence-corrected chi connectivity index (χ0v) is 11.8. The van der Waals surface area contributed by atoms with Crippen LogP contribution < -0.4 is 4.74 Å². The van der Waals surface area contributed by atoms with Crippen LogP contribution in [0.25, 0.3) is 10.9 Å². The van der Waals surface area contributed by atoms with Gasteiger partial charge in [-0.05, 0) is 18.2 Å². The zero-order chi connectivity index (χ0) is 13.8. The number of ether oxygens (including phenoxy) is 2. The maximum Gasteiger partial charge on any atom is 0.140 e. The van der Waals surface area contributed by atoms with Crippen molar-refractivity contribution < 1.29 is 9.47 Å². The molecule has 1 aromatic carbocycles. The lowest BCUT2D eigenvalue weighted by atomic mass is 10.2. The molecule has 1 saturated heterocycles. The van der Waals surface area contributed by atoms with Gasteiger partial charge in [0.25, 0.3) is 0 Å². The van der Waals surface area contributed by atoms with E-state index >= 15 is 0 Å². The molecule has 2 heterocycles. The van der Waals surface area contributed by atoms with E-state index in [1.807, 2.05) is 18.2 Å². The van der Waals surface area contributed by atoms with Crippen LogP contribution in [0, 0.1) is 0 Å². The third-order valence-electron chi connectivity index (χ3n) is 3.34. The number of nitrogens with zero attached hydrogens (tertiary/aromatic N) is 3. The van der Waals surface area contributed by atoms with Crippen molar-refractivity contribution in [3.63, 3.8) is 0 Å². The molecule has 6 heteroatoms. The lowest BCUT2D eigenvalue weighted by Crippen LogP contribution is -2.38. The van der Waals surface area contributed by atoms with Crippen molar-refractivity contribution in [2.45, 2.75) is 0 Å². The molecule has 0 amide bonds. The van der Waals surface area contributed by atoms with Crippen molar-refractivity contribution in [1.82, 2.24) is 14.9 Å². The number of fused-ring (bicyclic) bond motifs is 1. The van der Waals surface area contributed by atoms with Crippen molar-refractivity contribution in [2.24, 2.45) is 0 Å². The van der Waals surface area contributed by atoms with Crippen molar-refractivity contribution >= 4 is 22.5 Å². The van der Waals surface area contributed by atoms with Crippen molar-refractivity contribution in [3.8, 4) is 5.75 Å². The first-order valence-corrected chi connectivity index (χ1v) is 7.04. The molecule has 20 heavy (non-hydrogen) atoms. The van der Waals surface area contributed by atoms with Gasteiger partial charge in [-0.15, -0.1) is 0 Å². The molecule has 1 aromatic heterocycles. The molecule has 3 rings (SSSR count). The summed E-state index contributed by atoms with van der Waals surface area (Å²) in [5.74, 6) is 0.794. The number of hydrogen-bond acceptors (Lipinski definition) is 5. The predicted octanol–water partition coefficient (Wildman–Crippen LogP) is 1.99. The fourth-order valence-electron chi connectivity index (χ4n) is 2.21. The molecule has 0 N–H and O–H groups in total. The third-order valence-corrected chi connectivity index (χ3v) is 3.64. The summed E-state index contributed by atoms with van der Waals surface area (Å²) in [5, 5.41) is 1.27. The molecule has 0 atom stereocenters. The molecule has 1 aliphatic rings. The Morgan fingerprint density at radius 3 is 2.95 bits per heavy atom. The summed E-state index contributed by atoms with van der Waals surface area (Å²) in [6.07, 6.45) is 1.46. The van der Waals surface area contributed by atoms with Crippen LogP contribution in [-0.2, 0) is 4.74 Å². The van der Waals surface area contributed by atoms with Gasteiger partial charge in [-0.25, -0.2) is 9.97 Å². The molecule has 0 spiro atoms. The lowest BCUT2D eigenvalue weighted by Gasteiger charge is -2.26. The Hall–Kier alpha value is -1.43. The fraction of sp³-hybridized carbons (Fsp3) is 0.429. The monoisotopic (exact) mass is 293 g/mol. The number of benzene rings is 1. The van der Waals surface area contributed by atoms with Crippen LogP contribution in [0.2, 0.25) is 5.15 Å². The molecule has 0 aliphatic carbocycles. The van der Waals surface area contributed by atoms with E-state index in [1.165, 1.54) is 6.33 Å². The minimum atomic E-state index is 0.452. The lowest BCUT2D eigenvalue weighted by molar-refractivity contribution is 0.0322. The minimum absolute atomic E-state index is 0.452. The highest BCUT2D eigenvalue weighted by atomic mass is 35.5. The van der Waals surface area contributed by atoms with Gasteiger partial charge in [0.15, 0.2) is 0 Å². The molecule has 0 unspecified atom stereocenters. The molecule has 0 radical (unpaired) electrons. The van der Waals surface area contributed by atoms with Gasteiger partial charge in [0.2, 0.25) is 0 Å². The zero-order valence-electron chi connectivity index (χ0n) is 11.1. The van der Waals surface area contributed by atoms with Crippen LogP contribution in [0.1, 0.15) is 0 Å². The van der Waals surface area contributed by atoms with E-state index < -0.39 is 0 Å². The largest absolute Gasteiger partial charge is 0.492 e. The Labute approximate surface area is 122 Å². The highest BCUT2D eigenvalue weighted by molar-refractivity contribution is 6.34. The van der Waals surface area contributed by atoms with Gasteiger partial charge in [0, 0.05) is 25.0 Å². The van der Waals surface area contributed by atoms with Gasteiger partial charge in [0.05, 0.1) is 18.7 Å². The van der Waals surface area contributed by atoms with E-state index in [2.05, 4.69) is 14.9 Å². The van der Waals surface area contributed by atoms with Crippen LogP contribution >= 0.6 is 11.6 Å². The van der Waals surface area contributed by atoms with Crippen LogP contribution in [-0.4, -0.2) is 54.3 Å². The second kappa shape index (κ2) is 6.35. The van der Waals surface area contributed by atoms with Gasteiger partial charge in [0.1, 0.15) is 23.8 Å². The van der Waals surface area contributed by atoms with Gasteiger partial charge in [-0.3, -0.25) is 4.90 Å². The standard InChI is InChI=1S/C14H16ClN3O2/c15-14-12-9-11(1-2-13(12)16-10-17-14)20-8-5-18-3-6-19-7-4-18/h1-2,9-10H,3-8H2. The Morgan fingerprint density at radius 2 is 2.10 bits per heavy atom. The molecule has 2 aromatic rings. The van der Waals surface area contributed by atoms with E-state index in [-0.39, 0.29) is 0 Å². The van der Waals surface area contributed by atoms with Gasteiger partial charge >= 0.3 is 0 Å². The first-order valence-electron chi connectivity index (χ1n) is 6.66. The maximum absolute atomic E-state index is 6.06. The normalized spacial score (nSPS) is 16.4. The Bertz CT molecular complexity index is 588. The molecule has 0 saturated carbocycles.